The summed E-state index contributed by atoms with van der Waals surface area (Å²) >= 11 is 4.75. The molecule has 5 heteroatoms. The molecule has 12 heavy (non-hydrogen) atoms. The summed E-state index contributed by atoms with van der Waals surface area (Å²) in [6.45, 7) is 0. The molecule has 0 aromatic heterocycles. The van der Waals surface area contributed by atoms with Gasteiger partial charge in [0.05, 0.1) is 0 Å². The maximum atomic E-state index is 8.70. The highest BCUT2D eigenvalue weighted by atomic mass is 32.1. The Kier molecular flexibility index (Phi) is 3.98. The normalized spacial score (nSPS) is 18.8. The van der Waals surface area contributed by atoms with Gasteiger partial charge in [-0.25, -0.2) is 0 Å². The third-order valence-electron chi connectivity index (χ3n) is 2.19. The molecule has 0 amide bonds. The summed E-state index contributed by atoms with van der Waals surface area (Å²) < 4.78 is 0. The molecule has 1 aliphatic rings. The molecule has 0 bridgehead atoms. The van der Waals surface area contributed by atoms with E-state index in [1.165, 1.54) is 19.3 Å². The molecule has 0 radical (unpaired) electrons. The second-order valence-electron chi connectivity index (χ2n) is 3.22. The summed E-state index contributed by atoms with van der Waals surface area (Å²) in [4.78, 5) is 0.155. The lowest BCUT2D eigenvalue weighted by molar-refractivity contribution is 0.403. The molecule has 0 aliphatic heterocycles. The lowest BCUT2D eigenvalue weighted by atomic mass is 9.89. The van der Waals surface area contributed by atoms with Gasteiger partial charge in [-0.2, -0.15) is 0 Å². The quantitative estimate of drug-likeness (QED) is 0.428. The molecule has 0 aromatic carbocycles. The molecule has 1 saturated carbocycles. The molecule has 1 rings (SSSR count). The second-order valence-corrected chi connectivity index (χ2v) is 3.66. The fourth-order valence-corrected chi connectivity index (χ4v) is 1.69. The molecule has 3 N–H and O–H groups in total. The van der Waals surface area contributed by atoms with E-state index in [0.717, 1.165) is 12.8 Å². The molecule has 0 aromatic rings. The Morgan fingerprint density at radius 3 is 2.33 bits per heavy atom. The van der Waals surface area contributed by atoms with Crippen molar-refractivity contribution >= 4 is 24.2 Å². The first kappa shape index (κ1) is 9.96. The van der Waals surface area contributed by atoms with E-state index in [-0.39, 0.29) is 4.89 Å². The summed E-state index contributed by atoms with van der Waals surface area (Å²) in [6.07, 6.45) is 5.88. The molecular weight excluding hydrogens is 173 g/mol. The van der Waals surface area contributed by atoms with E-state index in [2.05, 4.69) is 5.32 Å². The molecule has 0 heterocycles. The molecule has 0 unspecified atom stereocenters. The van der Waals surface area contributed by atoms with Crippen molar-refractivity contribution in [2.45, 2.75) is 38.1 Å². The highest BCUT2D eigenvalue weighted by molar-refractivity contribution is 7.83. The molecule has 0 spiro atoms. The zero-order valence-electron chi connectivity index (χ0n) is 6.99. The predicted molar refractivity (Wildman–Crippen MR) is 52.8 cm³/mol. The Labute approximate surface area is 78.3 Å². The van der Waals surface area contributed by atoms with Gasteiger partial charge in [-0.05, 0) is 12.8 Å². The molecule has 1 fully saturated rings. The number of thiocarbonyl (C=S) groups is 1. The molecule has 1 aliphatic carbocycles. The largest absolute Gasteiger partial charge is 0.517 e. The van der Waals surface area contributed by atoms with Crippen LogP contribution in [0.3, 0.4) is 0 Å². The summed E-state index contributed by atoms with van der Waals surface area (Å²) in [5, 5.41) is 20.4. The van der Waals surface area contributed by atoms with Crippen LogP contribution < -0.4 is 5.32 Å². The van der Waals surface area contributed by atoms with Crippen molar-refractivity contribution in [1.82, 2.24) is 5.32 Å². The van der Waals surface area contributed by atoms with Crippen molar-refractivity contribution in [3.05, 3.63) is 0 Å². The minimum atomic E-state index is -1.50. The van der Waals surface area contributed by atoms with Crippen LogP contribution in [0.2, 0.25) is 0 Å². The summed E-state index contributed by atoms with van der Waals surface area (Å²) in [7, 11) is -1.50. The first-order valence-electron chi connectivity index (χ1n) is 4.36. The summed E-state index contributed by atoms with van der Waals surface area (Å²) in [5.41, 5.74) is 0. The Morgan fingerprint density at radius 1 is 1.25 bits per heavy atom. The van der Waals surface area contributed by atoms with Crippen molar-refractivity contribution in [2.24, 2.45) is 0 Å². The van der Waals surface area contributed by atoms with E-state index < -0.39 is 7.12 Å². The van der Waals surface area contributed by atoms with Gasteiger partial charge in [-0.3, -0.25) is 0 Å². The van der Waals surface area contributed by atoms with Gasteiger partial charge in [0.15, 0.2) is 0 Å². The molecule has 0 atom stereocenters. The van der Waals surface area contributed by atoms with Gasteiger partial charge in [0.2, 0.25) is 0 Å². The van der Waals surface area contributed by atoms with Crippen molar-refractivity contribution in [1.29, 1.82) is 0 Å². The average Bonchev–Trinajstić information content (AvgIpc) is 2.06. The third kappa shape index (κ3) is 3.09. The standard InChI is InChI=1S/C7H14BNO2S/c10-8(11)7(12)9-6-4-2-1-3-5-6/h6,10-11H,1-5H2,(H,9,12). The van der Waals surface area contributed by atoms with Gasteiger partial charge < -0.3 is 15.4 Å². The zero-order valence-corrected chi connectivity index (χ0v) is 7.81. The Morgan fingerprint density at radius 2 is 1.83 bits per heavy atom. The van der Waals surface area contributed by atoms with Crippen LogP contribution in [0.4, 0.5) is 0 Å². The third-order valence-corrected chi connectivity index (χ3v) is 2.51. The average molecular weight is 187 g/mol. The predicted octanol–water partition coefficient (Wildman–Crippen LogP) is 0.248. The fraction of sp³-hybridized carbons (Fsp3) is 0.857. The maximum absolute atomic E-state index is 8.70. The van der Waals surface area contributed by atoms with Gasteiger partial charge >= 0.3 is 7.12 Å². The second kappa shape index (κ2) is 4.79. The molecule has 0 saturated heterocycles. The highest BCUT2D eigenvalue weighted by Crippen LogP contribution is 2.17. The summed E-state index contributed by atoms with van der Waals surface area (Å²) in [5.74, 6) is 0. The SMILES string of the molecule is OB(O)C(=S)NC1CCCCC1. The number of hydrogen-bond donors (Lipinski definition) is 3. The lowest BCUT2D eigenvalue weighted by Gasteiger charge is -2.23. The van der Waals surface area contributed by atoms with Gasteiger partial charge in [-0.1, -0.05) is 31.5 Å². The van der Waals surface area contributed by atoms with E-state index in [1.54, 1.807) is 0 Å². The fourth-order valence-electron chi connectivity index (χ4n) is 1.52. The van der Waals surface area contributed by atoms with Crippen LogP contribution in [0.25, 0.3) is 0 Å². The minimum absolute atomic E-state index is 0.155. The van der Waals surface area contributed by atoms with E-state index in [0.29, 0.717) is 6.04 Å². The Balaban J connectivity index is 2.24. The number of nitrogens with one attached hydrogen (secondary N) is 1. The molecule has 68 valence electrons. The minimum Gasteiger partial charge on any atom is -0.422 e. The summed E-state index contributed by atoms with van der Waals surface area (Å²) in [6, 6.07) is 0.355. The van der Waals surface area contributed by atoms with E-state index >= 15 is 0 Å². The Hall–Kier alpha value is -0.125. The first-order chi connectivity index (χ1) is 5.70. The van der Waals surface area contributed by atoms with E-state index in [1.807, 2.05) is 0 Å². The van der Waals surface area contributed by atoms with Crippen LogP contribution in [0.5, 0.6) is 0 Å². The smallest absolute Gasteiger partial charge is 0.422 e. The topological polar surface area (TPSA) is 52.5 Å². The van der Waals surface area contributed by atoms with Crippen LogP contribution in [0, 0.1) is 0 Å². The van der Waals surface area contributed by atoms with Gasteiger partial charge in [-0.15, -0.1) is 0 Å². The molecular formula is C7H14BNO2S. The van der Waals surface area contributed by atoms with Crippen molar-refractivity contribution in [3.8, 4) is 0 Å². The van der Waals surface area contributed by atoms with E-state index in [4.69, 9.17) is 22.3 Å². The maximum Gasteiger partial charge on any atom is 0.517 e. The van der Waals surface area contributed by atoms with Gasteiger partial charge in [0.1, 0.15) is 4.89 Å². The van der Waals surface area contributed by atoms with Crippen molar-refractivity contribution in [3.63, 3.8) is 0 Å². The highest BCUT2D eigenvalue weighted by Gasteiger charge is 2.19. The number of rotatable bonds is 2. The van der Waals surface area contributed by atoms with Crippen LogP contribution in [-0.2, 0) is 0 Å². The van der Waals surface area contributed by atoms with Crippen LogP contribution in [0.1, 0.15) is 32.1 Å². The molecule has 3 nitrogen and oxygen atoms in total. The Bertz CT molecular complexity index is 159. The van der Waals surface area contributed by atoms with Crippen LogP contribution >= 0.6 is 12.2 Å². The van der Waals surface area contributed by atoms with Crippen molar-refractivity contribution < 1.29 is 10.0 Å². The van der Waals surface area contributed by atoms with Crippen LogP contribution in [0.15, 0.2) is 0 Å². The first-order valence-corrected chi connectivity index (χ1v) is 4.77. The van der Waals surface area contributed by atoms with E-state index in [9.17, 15) is 0 Å². The number of hydrogen-bond acceptors (Lipinski definition) is 3. The monoisotopic (exact) mass is 187 g/mol. The zero-order chi connectivity index (χ0) is 8.97. The lowest BCUT2D eigenvalue weighted by Crippen LogP contribution is -2.43. The van der Waals surface area contributed by atoms with Gasteiger partial charge in [0, 0.05) is 6.04 Å². The van der Waals surface area contributed by atoms with Gasteiger partial charge in [0.25, 0.3) is 0 Å². The van der Waals surface area contributed by atoms with Crippen LogP contribution in [-0.4, -0.2) is 28.1 Å². The van der Waals surface area contributed by atoms with Crippen molar-refractivity contribution in [2.75, 3.05) is 0 Å².